The molecule has 0 heterocycles. The predicted octanol–water partition coefficient (Wildman–Crippen LogP) is 1.15. The van der Waals surface area contributed by atoms with Crippen LogP contribution in [-0.2, 0) is 14.3 Å². The molecule has 3 N–H and O–H groups in total. The largest absolute Gasteiger partial charge is 0.490 e. The average molecular weight is 434 g/mol. The molecule has 0 bridgehead atoms. The van der Waals surface area contributed by atoms with Crippen molar-refractivity contribution in [1.29, 1.82) is 0 Å². The maximum Gasteiger partial charge on any atom is 0.264 e. The van der Waals surface area contributed by atoms with Gasteiger partial charge in [0.1, 0.15) is 19.0 Å². The third-order valence-corrected chi connectivity index (χ3v) is 3.41. The number of halogens is 1. The molecule has 0 fully saturated rings. The van der Waals surface area contributed by atoms with Gasteiger partial charge in [-0.25, -0.2) is 0 Å². The number of hydrazine groups is 1. The van der Waals surface area contributed by atoms with Crippen LogP contribution in [-0.4, -0.2) is 50.5 Å². The Hall–Kier alpha value is -1.75. The second-order valence-electron chi connectivity index (χ2n) is 4.58. The minimum absolute atomic E-state index is 0.0577. The second-order valence-corrected chi connectivity index (χ2v) is 5.90. The van der Waals surface area contributed by atoms with Crippen molar-refractivity contribution in [1.82, 2.24) is 16.2 Å². The summed E-state index contributed by atoms with van der Waals surface area (Å²) in [6, 6.07) is 5.02. The van der Waals surface area contributed by atoms with Crippen LogP contribution >= 0.6 is 28.1 Å². The topological polar surface area (TPSA) is 97.9 Å². The number of rotatable bonds is 8. The van der Waals surface area contributed by atoms with Crippen molar-refractivity contribution in [3.8, 4) is 5.75 Å². The number of nitrogens with one attached hydrogen (secondary N) is 3. The van der Waals surface area contributed by atoms with Crippen molar-refractivity contribution in [3.05, 3.63) is 28.2 Å². The maximum atomic E-state index is 12.4. The molecule has 0 saturated carbocycles. The Kier molecular flexibility index (Phi) is 10.0. The molecule has 0 radical (unpaired) electrons. The highest BCUT2D eigenvalue weighted by atomic mass is 79.9. The summed E-state index contributed by atoms with van der Waals surface area (Å²) in [4.78, 5) is 23.8. The molecule has 0 unspecified atom stereocenters. The number of hydrogen-bond acceptors (Lipinski definition) is 6. The summed E-state index contributed by atoms with van der Waals surface area (Å²) in [5.41, 5.74) is 5.03. The van der Waals surface area contributed by atoms with Gasteiger partial charge in [0.15, 0.2) is 5.11 Å². The molecule has 0 saturated heterocycles. The van der Waals surface area contributed by atoms with Crippen molar-refractivity contribution in [2.45, 2.75) is 6.92 Å². The van der Waals surface area contributed by atoms with Crippen LogP contribution in [0, 0.1) is 0 Å². The minimum atomic E-state index is -0.481. The van der Waals surface area contributed by atoms with E-state index in [1.165, 1.54) is 0 Å². The number of hydrogen-bond donors (Lipinski definition) is 3. The highest BCUT2D eigenvalue weighted by molar-refractivity contribution is 9.10. The normalized spacial score (nSPS) is 10.0. The van der Waals surface area contributed by atoms with E-state index in [2.05, 4.69) is 32.1 Å². The lowest BCUT2D eigenvalue weighted by atomic mass is 10.2. The van der Waals surface area contributed by atoms with Crippen LogP contribution in [0.2, 0.25) is 0 Å². The molecular formula is C15H20BrN3O5S. The lowest BCUT2D eigenvalue weighted by Crippen LogP contribution is -2.49. The molecule has 138 valence electrons. The van der Waals surface area contributed by atoms with E-state index in [1.807, 2.05) is 0 Å². The molecule has 8 nitrogen and oxygen atoms in total. The van der Waals surface area contributed by atoms with Gasteiger partial charge in [-0.15, -0.1) is 0 Å². The highest BCUT2D eigenvalue weighted by Gasteiger charge is 2.15. The minimum Gasteiger partial charge on any atom is -0.490 e. The summed E-state index contributed by atoms with van der Waals surface area (Å²) in [7, 11) is 1.56. The van der Waals surface area contributed by atoms with Gasteiger partial charge in [0, 0.05) is 18.2 Å². The van der Waals surface area contributed by atoms with Crippen molar-refractivity contribution in [2.75, 3.05) is 33.5 Å². The molecule has 0 aromatic heterocycles. The average Bonchev–Trinajstić information content (AvgIpc) is 2.59. The first-order valence-electron chi connectivity index (χ1n) is 7.37. The summed E-state index contributed by atoms with van der Waals surface area (Å²) in [6.07, 6.45) is 0. The van der Waals surface area contributed by atoms with Crippen molar-refractivity contribution in [2.24, 2.45) is 0 Å². The first-order chi connectivity index (χ1) is 12.0. The molecule has 0 aliphatic heterocycles. The zero-order valence-corrected chi connectivity index (χ0v) is 16.3. The van der Waals surface area contributed by atoms with Crippen LogP contribution in [0.1, 0.15) is 17.3 Å². The molecule has 25 heavy (non-hydrogen) atoms. The van der Waals surface area contributed by atoms with Crippen molar-refractivity contribution in [3.63, 3.8) is 0 Å². The van der Waals surface area contributed by atoms with Gasteiger partial charge >= 0.3 is 0 Å². The monoisotopic (exact) mass is 433 g/mol. The van der Waals surface area contributed by atoms with Gasteiger partial charge < -0.3 is 14.2 Å². The van der Waals surface area contributed by atoms with Crippen LogP contribution in [0.3, 0.4) is 0 Å². The first-order valence-corrected chi connectivity index (χ1v) is 8.57. The summed E-state index contributed by atoms with van der Waals surface area (Å²) < 4.78 is 16.1. The van der Waals surface area contributed by atoms with Gasteiger partial charge in [-0.05, 0) is 37.3 Å². The number of thiocarbonyl (C=S) groups is 1. The molecule has 2 amide bonds. The summed E-state index contributed by atoms with van der Waals surface area (Å²) in [5.74, 6) is -0.504. The van der Waals surface area contributed by atoms with Gasteiger partial charge in [-0.3, -0.25) is 25.8 Å². The van der Waals surface area contributed by atoms with Gasteiger partial charge in [0.25, 0.3) is 11.8 Å². The van der Waals surface area contributed by atoms with E-state index >= 15 is 0 Å². The SMILES string of the molecule is CCOCC(=O)NNC(=S)NC(=O)c1cc(Br)ccc1OCCOC. The van der Waals surface area contributed by atoms with E-state index in [9.17, 15) is 9.59 Å². The smallest absolute Gasteiger partial charge is 0.264 e. The zero-order chi connectivity index (χ0) is 18.7. The lowest BCUT2D eigenvalue weighted by molar-refractivity contribution is -0.126. The van der Waals surface area contributed by atoms with Gasteiger partial charge in [0.05, 0.1) is 12.2 Å². The van der Waals surface area contributed by atoms with Crippen LogP contribution in [0.4, 0.5) is 0 Å². The number of carbonyl (C=O) groups excluding carboxylic acids is 2. The van der Waals surface area contributed by atoms with Gasteiger partial charge in [-0.2, -0.15) is 0 Å². The molecule has 0 aliphatic rings. The van der Waals surface area contributed by atoms with E-state index in [0.717, 1.165) is 0 Å². The van der Waals surface area contributed by atoms with Crippen LogP contribution < -0.4 is 20.9 Å². The zero-order valence-electron chi connectivity index (χ0n) is 13.9. The molecule has 0 spiro atoms. The standard InChI is InChI=1S/C15H20BrN3O5S/c1-3-23-9-13(20)18-19-15(25)17-14(21)11-8-10(16)4-5-12(11)24-7-6-22-2/h4-5,8H,3,6-7,9H2,1-2H3,(H,18,20)(H2,17,19,21,25). The van der Waals surface area contributed by atoms with E-state index in [0.29, 0.717) is 30.0 Å². The number of ether oxygens (including phenoxy) is 3. The van der Waals surface area contributed by atoms with Crippen LogP contribution in [0.5, 0.6) is 5.75 Å². The Morgan fingerprint density at radius 3 is 2.68 bits per heavy atom. The van der Waals surface area contributed by atoms with E-state index in [4.69, 9.17) is 26.4 Å². The van der Waals surface area contributed by atoms with Crippen LogP contribution in [0.25, 0.3) is 0 Å². The number of benzene rings is 1. The molecule has 1 aromatic rings. The fraction of sp³-hybridized carbons (Fsp3) is 0.400. The van der Waals surface area contributed by atoms with Gasteiger partial charge in [-0.1, -0.05) is 15.9 Å². The van der Waals surface area contributed by atoms with Gasteiger partial charge in [0.2, 0.25) is 0 Å². The molecule has 0 atom stereocenters. The Balaban J connectivity index is 2.62. The van der Waals surface area contributed by atoms with E-state index in [1.54, 1.807) is 32.2 Å². The molecule has 1 rings (SSSR count). The van der Waals surface area contributed by atoms with Crippen LogP contribution in [0.15, 0.2) is 22.7 Å². The Bertz CT molecular complexity index is 615. The van der Waals surface area contributed by atoms with Crippen molar-refractivity contribution >= 4 is 45.1 Å². The second kappa shape index (κ2) is 11.7. The first kappa shape index (κ1) is 21.3. The number of amides is 2. The van der Waals surface area contributed by atoms with Crippen molar-refractivity contribution < 1.29 is 23.8 Å². The molecular weight excluding hydrogens is 414 g/mol. The summed E-state index contributed by atoms with van der Waals surface area (Å²) >= 11 is 8.28. The Labute approximate surface area is 159 Å². The number of methoxy groups -OCH3 is 1. The maximum absolute atomic E-state index is 12.4. The molecule has 10 heteroatoms. The van der Waals surface area contributed by atoms with E-state index < -0.39 is 11.8 Å². The third kappa shape index (κ3) is 8.25. The lowest BCUT2D eigenvalue weighted by Gasteiger charge is -2.13. The quantitative estimate of drug-likeness (QED) is 0.321. The third-order valence-electron chi connectivity index (χ3n) is 2.71. The number of carbonyl (C=O) groups is 2. The summed E-state index contributed by atoms with van der Waals surface area (Å²) in [5, 5.41) is 2.40. The summed E-state index contributed by atoms with van der Waals surface area (Å²) in [6.45, 7) is 2.78. The molecule has 1 aromatic carbocycles. The Morgan fingerprint density at radius 2 is 2.00 bits per heavy atom. The Morgan fingerprint density at radius 1 is 1.24 bits per heavy atom. The highest BCUT2D eigenvalue weighted by Crippen LogP contribution is 2.23. The molecule has 0 aliphatic carbocycles. The fourth-order valence-corrected chi connectivity index (χ4v) is 2.10. The predicted molar refractivity (Wildman–Crippen MR) is 99.3 cm³/mol. The fourth-order valence-electron chi connectivity index (χ4n) is 1.60. The van der Waals surface area contributed by atoms with E-state index in [-0.39, 0.29) is 17.3 Å².